The summed E-state index contributed by atoms with van der Waals surface area (Å²) in [4.78, 5) is 77.3. The molecule has 0 aliphatic carbocycles. The topological polar surface area (TPSA) is 401 Å². The lowest BCUT2D eigenvalue weighted by atomic mass is 9.80. The molecule has 5 heterocycles. The Bertz CT molecular complexity index is 3990. The molecule has 1 fully saturated rings. The molecule has 520 valence electrons. The lowest BCUT2D eigenvalue weighted by molar-refractivity contribution is -0.742. The van der Waals surface area contributed by atoms with E-state index in [9.17, 15) is 39.9 Å². The normalized spacial score (nSPS) is 11.8. The average Bonchev–Trinajstić information content (AvgIpc) is 1.66. The number of hydrogen-bond donors (Lipinski definition) is 5. The number of benzene rings is 5. The molecule has 0 amide bonds. The van der Waals surface area contributed by atoms with Crippen LogP contribution in [0, 0.1) is 40.5 Å². The van der Waals surface area contributed by atoms with Gasteiger partial charge in [-0.15, -0.1) is 10.1 Å². The van der Waals surface area contributed by atoms with Gasteiger partial charge in [-0.3, -0.25) is 59.9 Å². The fraction of sp³-hybridized carbons (Fsp3) is 0.212. The maximum Gasteiger partial charge on any atom is 0.494 e. The monoisotopic (exact) mass is 1920 g/mol. The summed E-state index contributed by atoms with van der Waals surface area (Å²) in [7, 11) is -0.280. The zero-order chi connectivity index (χ0) is 73.9. The predicted molar refractivity (Wildman–Crippen MR) is 430 cm³/mol. The van der Waals surface area contributed by atoms with Crippen LogP contribution in [0.3, 0.4) is 0 Å². The SMILES string of the molecule is CC(=O)Cc1c(-c2ccncc2)cccc1[N+](=O)[O-].CC(=O)Cc1c(Br)cccc1[N+](=O)[O-].CC(I)(I)I.CC1(C)OB(c2ccncc2)OC1(C)C.CCI.Nc1c(-c2ccncc2)cccc1[N+](=O)[O-].Nc1cccc(-c2ccncc2)c1N.Nc1ccccc1Br.O=[N+]([O-])O.[HH]. The van der Waals surface area contributed by atoms with E-state index < -0.39 is 19.9 Å². The molecule has 5 aromatic carbocycles. The first-order valence-electron chi connectivity index (χ1n) is 28.7. The highest BCUT2D eigenvalue weighted by atomic mass is 127. The van der Waals surface area contributed by atoms with Crippen molar-refractivity contribution in [1.82, 2.24) is 19.9 Å². The van der Waals surface area contributed by atoms with E-state index >= 15 is 0 Å². The summed E-state index contributed by atoms with van der Waals surface area (Å²) in [6, 6.07) is 42.2. The van der Waals surface area contributed by atoms with E-state index in [1.54, 1.807) is 116 Å². The third kappa shape index (κ3) is 31.6. The molecular weight excluding hydrogens is 1850 g/mol. The maximum absolute atomic E-state index is 11.3. The molecule has 98 heavy (non-hydrogen) atoms. The maximum atomic E-state index is 11.3. The van der Waals surface area contributed by atoms with E-state index in [0.29, 0.717) is 37.5 Å². The van der Waals surface area contributed by atoms with Crippen LogP contribution in [0.2, 0.25) is 0 Å². The Labute approximate surface area is 640 Å². The number of Topliss-reactive ketones (excluding diaryl/α,β-unsaturated/α-hetero) is 2. The number of pyridine rings is 4. The molecule has 1 saturated heterocycles. The molecule has 25 nitrogen and oxygen atoms in total. The summed E-state index contributed by atoms with van der Waals surface area (Å²) in [6.45, 7) is 15.3. The molecule has 10 rings (SSSR count). The summed E-state index contributed by atoms with van der Waals surface area (Å²) < 4.78 is 15.0. The van der Waals surface area contributed by atoms with Crippen LogP contribution < -0.4 is 28.4 Å². The fourth-order valence-electron chi connectivity index (χ4n) is 7.96. The predicted octanol–water partition coefficient (Wildman–Crippen LogP) is 17.1. The summed E-state index contributed by atoms with van der Waals surface area (Å²) in [5, 5.41) is 46.1. The summed E-state index contributed by atoms with van der Waals surface area (Å²) >= 11 is 15.8. The van der Waals surface area contributed by atoms with E-state index in [0.717, 1.165) is 37.9 Å². The highest BCUT2D eigenvalue weighted by Gasteiger charge is 2.51. The van der Waals surface area contributed by atoms with Crippen molar-refractivity contribution in [2.45, 2.75) is 78.9 Å². The Hall–Kier alpha value is -7.50. The number of para-hydroxylation sites is 3. The number of aromatic nitrogens is 4. The van der Waals surface area contributed by atoms with Crippen LogP contribution in [0.4, 0.5) is 39.8 Å². The van der Waals surface area contributed by atoms with Gasteiger partial charge in [-0.05, 0) is 169 Å². The van der Waals surface area contributed by atoms with Crippen LogP contribution >= 0.6 is 122 Å². The molecule has 0 saturated carbocycles. The third-order valence-corrected chi connectivity index (χ3v) is 14.5. The Kier molecular flexibility index (Phi) is 38.7. The standard InChI is InChI=1S/C14H12N2O3.C11H16BNO2.C11H9N3O2.C11H11N3.C9H8BrNO3.C6H6BrN.C2H3I3.C2H5I.HNO3.H2/c1-10(17)9-13-12(11-5-7-15-8-6-11)3-2-4-14(13)16(18)19;1-10(2)11(3,4)15-12(14-10)9-5-7-13-8-6-9;12-11-9(8-4-6-13-7-5-8)2-1-3-10(11)14(15)16;12-10-3-1-2-9(11(10)13)8-4-6-14-7-5-8;1-6(12)5-7-8(10)3-2-4-9(7)11(13)14;7-5-3-1-2-4-6(5)8;1-2(3,4)5;1-2-3;2-1(3)4;/h2-8H,9H2,1H3;5-8H,1-4H3;1-7H,12H2;1-7H,12-13H2;2-4H,5H2,1H3;1-4H,8H2;1H3;2H2,1H3;(H,2,3,4);1H. The Morgan fingerprint density at radius 2 is 0.827 bits per heavy atom. The first kappa shape index (κ1) is 86.6. The molecule has 0 spiro atoms. The van der Waals surface area contributed by atoms with Crippen LogP contribution in [-0.4, -0.2) is 78.7 Å². The van der Waals surface area contributed by atoms with Crippen molar-refractivity contribution in [3.8, 4) is 33.4 Å². The van der Waals surface area contributed by atoms with Gasteiger partial charge in [0.15, 0.2) is 0 Å². The van der Waals surface area contributed by atoms with Crippen molar-refractivity contribution >= 4 is 186 Å². The minimum atomic E-state index is -1.50. The number of nitro groups is 3. The third-order valence-electron chi connectivity index (χ3n) is 13.0. The Morgan fingerprint density at radius 1 is 0.520 bits per heavy atom. The summed E-state index contributed by atoms with van der Waals surface area (Å²) in [5.41, 5.74) is 31.2. The number of nitrogen functional groups attached to an aromatic ring is 4. The average molecular weight is 1920 g/mol. The van der Waals surface area contributed by atoms with Crippen molar-refractivity contribution in [1.29, 1.82) is 0 Å². The number of rotatable bonds is 11. The van der Waals surface area contributed by atoms with Gasteiger partial charge in [-0.1, -0.05) is 168 Å². The van der Waals surface area contributed by atoms with Crippen LogP contribution in [0.1, 0.15) is 67.9 Å². The molecule has 0 radical (unpaired) electrons. The number of carbonyl (C=O) groups excluding carboxylic acids is 2. The van der Waals surface area contributed by atoms with Gasteiger partial charge in [0.2, 0.25) is 0 Å². The van der Waals surface area contributed by atoms with E-state index in [1.807, 2.05) is 88.4 Å². The number of nitro benzene ring substituents is 3. The molecular formula is C66H73BBr2I4N12O13. The quantitative estimate of drug-likeness (QED) is 0.0200. The number of nitrogens with zero attached hydrogens (tertiary/aromatic N) is 8. The zero-order valence-corrected chi connectivity index (χ0v) is 66.0. The van der Waals surface area contributed by atoms with Gasteiger partial charge < -0.3 is 37.5 Å². The minimum Gasteiger partial charge on any atom is -0.399 e. The van der Waals surface area contributed by atoms with Gasteiger partial charge in [0.05, 0.1) is 42.9 Å². The highest BCUT2D eigenvalue weighted by Crippen LogP contribution is 2.38. The first-order chi connectivity index (χ1) is 46.0. The number of anilines is 4. The van der Waals surface area contributed by atoms with Crippen LogP contribution in [0.15, 0.2) is 204 Å². The molecule has 32 heteroatoms. The van der Waals surface area contributed by atoms with Gasteiger partial charge in [-0.25, -0.2) is 0 Å². The van der Waals surface area contributed by atoms with Crippen molar-refractivity contribution in [3.63, 3.8) is 0 Å². The first-order valence-corrected chi connectivity index (χ1v) is 35.1. The minimum absolute atomic E-state index is 0. The summed E-state index contributed by atoms with van der Waals surface area (Å²) in [5.74, 6) is -0.204. The zero-order valence-electron chi connectivity index (χ0n) is 54.2. The van der Waals surface area contributed by atoms with E-state index in [4.69, 9.17) is 47.6 Å². The molecule has 9 N–H and O–H groups in total. The van der Waals surface area contributed by atoms with E-state index in [1.165, 1.54) is 36.5 Å². The molecule has 1 aliphatic rings. The largest absolute Gasteiger partial charge is 0.494 e. The van der Waals surface area contributed by atoms with Crippen molar-refractivity contribution in [2.24, 2.45) is 0 Å². The second kappa shape index (κ2) is 43.8. The molecule has 1 aliphatic heterocycles. The lowest BCUT2D eigenvalue weighted by Gasteiger charge is -2.32. The van der Waals surface area contributed by atoms with Gasteiger partial charge >= 0.3 is 7.12 Å². The molecule has 4 aromatic heterocycles. The van der Waals surface area contributed by atoms with Gasteiger partial charge in [0.25, 0.3) is 22.1 Å². The van der Waals surface area contributed by atoms with Crippen molar-refractivity contribution in [3.05, 3.63) is 256 Å². The van der Waals surface area contributed by atoms with E-state index in [2.05, 4.69) is 156 Å². The van der Waals surface area contributed by atoms with Gasteiger partial charge in [0, 0.05) is 113 Å². The van der Waals surface area contributed by atoms with Gasteiger partial charge in [-0.2, -0.15) is 0 Å². The highest BCUT2D eigenvalue weighted by molar-refractivity contribution is 14.3. The number of ketones is 2. The van der Waals surface area contributed by atoms with Crippen molar-refractivity contribution < 1.29 is 45.4 Å². The number of alkyl halides is 4. The second-order valence-electron chi connectivity index (χ2n) is 21.0. The van der Waals surface area contributed by atoms with Crippen LogP contribution in [-0.2, 0) is 31.7 Å². The number of nitrogens with two attached hydrogens (primary N) is 4. The van der Waals surface area contributed by atoms with Crippen LogP contribution in [0.25, 0.3) is 33.4 Å². The fourth-order valence-corrected chi connectivity index (χ4v) is 8.74. The summed E-state index contributed by atoms with van der Waals surface area (Å²) in [6.07, 6.45) is 13.6. The van der Waals surface area contributed by atoms with E-state index in [-0.39, 0.29) is 66.9 Å². The van der Waals surface area contributed by atoms with Gasteiger partial charge in [0.1, 0.15) is 16.7 Å². The molecule has 0 unspecified atom stereocenters. The second-order valence-corrected chi connectivity index (χ2v) is 36.9. The Balaban J connectivity index is 0.000000579. The molecule has 0 bridgehead atoms. The molecule has 9 aromatic rings. The number of hydrogen-bond acceptors (Lipinski definition) is 20. The number of carbonyl (C=O) groups is 2. The molecule has 0 atom stereocenters. The smallest absolute Gasteiger partial charge is 0.399 e. The number of halogens is 6. The Morgan fingerprint density at radius 3 is 1.20 bits per heavy atom. The van der Waals surface area contributed by atoms with Crippen LogP contribution in [0.5, 0.6) is 0 Å². The van der Waals surface area contributed by atoms with Crippen molar-refractivity contribution in [2.75, 3.05) is 27.4 Å². The lowest BCUT2D eigenvalue weighted by Crippen LogP contribution is -2.41.